The molecule has 3 rings (SSSR count). The number of nitrogens with one attached hydrogen (secondary N) is 1. The van der Waals surface area contributed by atoms with E-state index in [-0.39, 0.29) is 12.5 Å². The van der Waals surface area contributed by atoms with Crippen LogP contribution in [0.2, 0.25) is 0 Å². The van der Waals surface area contributed by atoms with Crippen molar-refractivity contribution in [1.82, 2.24) is 14.8 Å². The lowest BCUT2D eigenvalue weighted by atomic mass is 10.2. The van der Waals surface area contributed by atoms with E-state index in [0.717, 1.165) is 29.6 Å². The van der Waals surface area contributed by atoms with Gasteiger partial charge in [0.25, 0.3) is 5.91 Å². The Morgan fingerprint density at radius 2 is 1.96 bits per heavy atom. The zero-order valence-electron chi connectivity index (χ0n) is 15.3. The SMILES string of the molecule is Cc1cccc2cc(C(=O)NC[C@@H](O)CN3CCCCCC3)n(C)c12. The van der Waals surface area contributed by atoms with Crippen LogP contribution in [-0.4, -0.2) is 52.8 Å². The first kappa shape index (κ1) is 18.0. The number of fused-ring (bicyclic) bond motifs is 1. The molecule has 5 nitrogen and oxygen atoms in total. The maximum Gasteiger partial charge on any atom is 0.268 e. The van der Waals surface area contributed by atoms with Gasteiger partial charge < -0.3 is 19.9 Å². The molecule has 2 heterocycles. The molecule has 25 heavy (non-hydrogen) atoms. The van der Waals surface area contributed by atoms with Gasteiger partial charge in [0.1, 0.15) is 5.69 Å². The molecule has 1 amide bonds. The van der Waals surface area contributed by atoms with Crippen molar-refractivity contribution in [3.63, 3.8) is 0 Å². The minimum absolute atomic E-state index is 0.131. The molecule has 2 N–H and O–H groups in total. The van der Waals surface area contributed by atoms with Gasteiger partial charge in [-0.25, -0.2) is 0 Å². The fraction of sp³-hybridized carbons (Fsp3) is 0.550. The van der Waals surface area contributed by atoms with Crippen LogP contribution in [0.15, 0.2) is 24.3 Å². The third kappa shape index (κ3) is 4.22. The molecule has 1 aromatic carbocycles. The van der Waals surface area contributed by atoms with Crippen molar-refractivity contribution in [2.24, 2.45) is 7.05 Å². The number of carbonyl (C=O) groups excluding carboxylic acids is 1. The van der Waals surface area contributed by atoms with Crippen molar-refractivity contribution in [2.45, 2.75) is 38.7 Å². The summed E-state index contributed by atoms with van der Waals surface area (Å²) in [6, 6.07) is 7.99. The number of aliphatic hydroxyl groups excluding tert-OH is 1. The lowest BCUT2D eigenvalue weighted by Gasteiger charge is -2.23. The summed E-state index contributed by atoms with van der Waals surface area (Å²) in [4.78, 5) is 14.9. The van der Waals surface area contributed by atoms with Crippen molar-refractivity contribution in [1.29, 1.82) is 0 Å². The minimum Gasteiger partial charge on any atom is -0.390 e. The Hall–Kier alpha value is -1.85. The van der Waals surface area contributed by atoms with Crippen LogP contribution in [0.4, 0.5) is 0 Å². The number of nitrogens with zero attached hydrogens (tertiary/aromatic N) is 2. The standard InChI is InChI=1S/C20H29N3O2/c1-15-8-7-9-16-12-18(22(2)19(15)16)20(25)21-13-17(24)14-23-10-5-3-4-6-11-23/h7-9,12,17,24H,3-6,10-11,13-14H2,1-2H3,(H,21,25)/t17-/m1/s1. The molecular formula is C20H29N3O2. The third-order valence-corrected chi connectivity index (χ3v) is 5.16. The van der Waals surface area contributed by atoms with Crippen LogP contribution in [0.3, 0.4) is 0 Å². The monoisotopic (exact) mass is 343 g/mol. The number of benzene rings is 1. The molecular weight excluding hydrogens is 314 g/mol. The number of aromatic nitrogens is 1. The molecule has 5 heteroatoms. The van der Waals surface area contributed by atoms with Crippen molar-refractivity contribution in [3.05, 3.63) is 35.5 Å². The summed E-state index contributed by atoms with van der Waals surface area (Å²) >= 11 is 0. The van der Waals surface area contributed by atoms with Gasteiger partial charge in [-0.2, -0.15) is 0 Å². The average Bonchev–Trinajstić information content (AvgIpc) is 2.76. The van der Waals surface area contributed by atoms with E-state index in [9.17, 15) is 9.90 Å². The van der Waals surface area contributed by atoms with Gasteiger partial charge in [-0.05, 0) is 44.5 Å². The molecule has 0 unspecified atom stereocenters. The van der Waals surface area contributed by atoms with E-state index in [1.54, 1.807) is 0 Å². The van der Waals surface area contributed by atoms with Crippen LogP contribution in [0.5, 0.6) is 0 Å². The van der Waals surface area contributed by atoms with Crippen LogP contribution in [0, 0.1) is 6.92 Å². The maximum absolute atomic E-state index is 12.5. The molecule has 1 aromatic heterocycles. The summed E-state index contributed by atoms with van der Waals surface area (Å²) in [7, 11) is 1.91. The lowest BCUT2D eigenvalue weighted by molar-refractivity contribution is 0.0856. The number of rotatable bonds is 5. The van der Waals surface area contributed by atoms with Crippen LogP contribution in [0.1, 0.15) is 41.7 Å². The number of amides is 1. The van der Waals surface area contributed by atoms with Crippen molar-refractivity contribution in [2.75, 3.05) is 26.2 Å². The molecule has 1 aliphatic heterocycles. The van der Waals surface area contributed by atoms with Gasteiger partial charge in [-0.15, -0.1) is 0 Å². The Labute approximate surface area is 149 Å². The topological polar surface area (TPSA) is 57.5 Å². The van der Waals surface area contributed by atoms with Gasteiger partial charge in [-0.1, -0.05) is 31.0 Å². The summed E-state index contributed by atoms with van der Waals surface area (Å²) in [5.41, 5.74) is 2.87. The van der Waals surface area contributed by atoms with E-state index < -0.39 is 6.10 Å². The highest BCUT2D eigenvalue weighted by molar-refractivity contribution is 5.99. The van der Waals surface area contributed by atoms with Gasteiger partial charge in [-0.3, -0.25) is 4.79 Å². The second kappa shape index (κ2) is 8.02. The minimum atomic E-state index is -0.529. The molecule has 0 radical (unpaired) electrons. The third-order valence-electron chi connectivity index (χ3n) is 5.16. The predicted octanol–water partition coefficient (Wildman–Crippen LogP) is 2.45. The summed E-state index contributed by atoms with van der Waals surface area (Å²) in [6.07, 6.45) is 4.44. The molecule has 0 spiro atoms. The van der Waals surface area contributed by atoms with Crippen LogP contribution in [0.25, 0.3) is 10.9 Å². The first-order valence-corrected chi connectivity index (χ1v) is 9.30. The first-order chi connectivity index (χ1) is 12.1. The normalized spacial score (nSPS) is 17.4. The van der Waals surface area contributed by atoms with Crippen LogP contribution in [-0.2, 0) is 7.05 Å². The fourth-order valence-electron chi connectivity index (χ4n) is 3.82. The lowest BCUT2D eigenvalue weighted by Crippen LogP contribution is -2.40. The largest absolute Gasteiger partial charge is 0.390 e. The Balaban J connectivity index is 1.59. The average molecular weight is 343 g/mol. The van der Waals surface area contributed by atoms with Gasteiger partial charge >= 0.3 is 0 Å². The summed E-state index contributed by atoms with van der Waals surface area (Å²) in [5, 5.41) is 14.2. The van der Waals surface area contributed by atoms with Crippen molar-refractivity contribution in [3.8, 4) is 0 Å². The highest BCUT2D eigenvalue weighted by atomic mass is 16.3. The molecule has 0 bridgehead atoms. The van der Waals surface area contributed by atoms with Crippen LogP contribution >= 0.6 is 0 Å². The number of hydrogen-bond donors (Lipinski definition) is 2. The smallest absolute Gasteiger partial charge is 0.268 e. The van der Waals surface area contributed by atoms with E-state index >= 15 is 0 Å². The number of β-amino-alcohol motifs (C(OH)–C–C–N with tert-alkyl or cyclic N) is 1. The summed E-state index contributed by atoms with van der Waals surface area (Å²) < 4.78 is 1.93. The molecule has 1 aliphatic rings. The number of carbonyl (C=O) groups is 1. The first-order valence-electron chi connectivity index (χ1n) is 9.30. The highest BCUT2D eigenvalue weighted by Crippen LogP contribution is 2.22. The van der Waals surface area contributed by atoms with E-state index in [1.165, 1.54) is 25.7 Å². The van der Waals surface area contributed by atoms with Gasteiger partial charge in [0.15, 0.2) is 0 Å². The molecule has 136 valence electrons. The highest BCUT2D eigenvalue weighted by Gasteiger charge is 2.17. The predicted molar refractivity (Wildman–Crippen MR) is 101 cm³/mol. The Kier molecular flexibility index (Phi) is 5.76. The molecule has 2 aromatic rings. The Morgan fingerprint density at radius 3 is 2.64 bits per heavy atom. The zero-order valence-corrected chi connectivity index (χ0v) is 15.3. The van der Waals surface area contributed by atoms with Crippen molar-refractivity contribution < 1.29 is 9.90 Å². The van der Waals surface area contributed by atoms with Gasteiger partial charge in [0, 0.05) is 25.5 Å². The molecule has 0 aliphatic carbocycles. The maximum atomic E-state index is 12.5. The summed E-state index contributed by atoms with van der Waals surface area (Å²) in [6.45, 7) is 5.07. The van der Waals surface area contributed by atoms with Crippen LogP contribution < -0.4 is 5.32 Å². The zero-order chi connectivity index (χ0) is 17.8. The molecule has 1 fully saturated rings. The molecule has 0 saturated carbocycles. The number of para-hydroxylation sites is 1. The van der Waals surface area contributed by atoms with Crippen molar-refractivity contribution >= 4 is 16.8 Å². The number of aryl methyl sites for hydroxylation is 2. The van der Waals surface area contributed by atoms with Gasteiger partial charge in [0.05, 0.1) is 11.6 Å². The van der Waals surface area contributed by atoms with E-state index in [2.05, 4.69) is 23.2 Å². The molecule has 1 atom stereocenters. The number of likely N-dealkylation sites (tertiary alicyclic amines) is 1. The van der Waals surface area contributed by atoms with Gasteiger partial charge in [0.2, 0.25) is 0 Å². The quantitative estimate of drug-likeness (QED) is 0.877. The number of hydrogen-bond acceptors (Lipinski definition) is 3. The second-order valence-corrected chi connectivity index (χ2v) is 7.18. The number of aliphatic hydroxyl groups is 1. The second-order valence-electron chi connectivity index (χ2n) is 7.18. The Bertz CT molecular complexity index is 730. The Morgan fingerprint density at radius 1 is 1.24 bits per heavy atom. The van der Waals surface area contributed by atoms with E-state index in [1.807, 2.05) is 29.8 Å². The van der Waals surface area contributed by atoms with E-state index in [0.29, 0.717) is 12.2 Å². The molecule has 1 saturated heterocycles. The van der Waals surface area contributed by atoms with E-state index in [4.69, 9.17) is 0 Å². The summed E-state index contributed by atoms with van der Waals surface area (Å²) in [5.74, 6) is -0.131. The fourth-order valence-corrected chi connectivity index (χ4v) is 3.82.